The third-order valence-corrected chi connectivity index (χ3v) is 5.66. The van der Waals surface area contributed by atoms with E-state index in [1.54, 1.807) is 11.9 Å². The van der Waals surface area contributed by atoms with Crippen LogP contribution in [0.25, 0.3) is 0 Å². The van der Waals surface area contributed by atoms with Crippen LogP contribution in [0.15, 0.2) is 17.1 Å². The molecule has 1 saturated carbocycles. The van der Waals surface area contributed by atoms with Gasteiger partial charge in [-0.2, -0.15) is 0 Å². The van der Waals surface area contributed by atoms with Crippen LogP contribution in [0.4, 0.5) is 0 Å². The molecule has 1 saturated heterocycles. The Morgan fingerprint density at radius 2 is 1.85 bits per heavy atom. The van der Waals surface area contributed by atoms with E-state index in [2.05, 4.69) is 34.0 Å². The van der Waals surface area contributed by atoms with Crippen molar-refractivity contribution >= 4 is 35.8 Å². The Bertz CT molecular complexity index is 520. The molecule has 1 aliphatic carbocycles. The Kier molecular flexibility index (Phi) is 10.1. The van der Waals surface area contributed by atoms with Crippen molar-refractivity contribution in [2.75, 3.05) is 47.3 Å². The Balaban J connectivity index is 0.00000364. The largest absolute Gasteiger partial charge is 0.355 e. The monoisotopic (exact) mass is 491 g/mol. The molecule has 0 atom stereocenters. The first kappa shape index (κ1) is 24.2. The van der Waals surface area contributed by atoms with Gasteiger partial charge in [-0.15, -0.1) is 24.0 Å². The summed E-state index contributed by atoms with van der Waals surface area (Å²) in [6.45, 7) is 9.93. The predicted octanol–water partition coefficient (Wildman–Crippen LogP) is 2.46. The van der Waals surface area contributed by atoms with Crippen molar-refractivity contribution in [3.63, 3.8) is 0 Å². The number of piperidine rings is 1. The molecule has 2 aliphatic rings. The van der Waals surface area contributed by atoms with E-state index in [1.807, 2.05) is 14.1 Å². The molecule has 2 N–H and O–H groups in total. The summed E-state index contributed by atoms with van der Waals surface area (Å²) < 4.78 is 0. The van der Waals surface area contributed by atoms with Gasteiger partial charge in [-0.1, -0.05) is 25.0 Å². The molecule has 27 heavy (non-hydrogen) atoms. The second-order valence-corrected chi connectivity index (χ2v) is 8.26. The average Bonchev–Trinajstić information content (AvgIpc) is 3.09. The molecule has 1 aliphatic heterocycles. The van der Waals surface area contributed by atoms with E-state index in [9.17, 15) is 4.79 Å². The van der Waals surface area contributed by atoms with Gasteiger partial charge in [0.15, 0.2) is 5.96 Å². The van der Waals surface area contributed by atoms with Crippen LogP contribution in [0, 0.1) is 5.41 Å². The number of carbonyl (C=O) groups excluding carboxylic acids is 1. The van der Waals surface area contributed by atoms with Gasteiger partial charge < -0.3 is 15.5 Å². The van der Waals surface area contributed by atoms with Crippen molar-refractivity contribution in [3.8, 4) is 0 Å². The van der Waals surface area contributed by atoms with Crippen molar-refractivity contribution < 1.29 is 4.79 Å². The average molecular weight is 491 g/mol. The first-order valence-corrected chi connectivity index (χ1v) is 9.92. The summed E-state index contributed by atoms with van der Waals surface area (Å²) in [5.41, 5.74) is 0.952. The lowest BCUT2D eigenvalue weighted by atomic mass is 9.84. The van der Waals surface area contributed by atoms with Crippen LogP contribution in [-0.2, 0) is 4.79 Å². The number of nitrogens with zero attached hydrogens (tertiary/aromatic N) is 3. The molecular weight excluding hydrogens is 453 g/mol. The van der Waals surface area contributed by atoms with Gasteiger partial charge in [-0.3, -0.25) is 14.7 Å². The Hall–Kier alpha value is -0.830. The molecule has 1 heterocycles. The van der Waals surface area contributed by atoms with Gasteiger partial charge >= 0.3 is 0 Å². The van der Waals surface area contributed by atoms with Gasteiger partial charge in [-0.25, -0.2) is 0 Å². The lowest BCUT2D eigenvalue weighted by Crippen LogP contribution is -2.52. The van der Waals surface area contributed by atoms with Crippen LogP contribution in [0.5, 0.6) is 0 Å². The zero-order chi connectivity index (χ0) is 19.2. The fourth-order valence-electron chi connectivity index (χ4n) is 4.25. The second kappa shape index (κ2) is 11.2. The first-order chi connectivity index (χ1) is 12.4. The summed E-state index contributed by atoms with van der Waals surface area (Å²) in [6, 6.07) is 0.437. The normalized spacial score (nSPS) is 20.7. The number of halogens is 1. The number of carbonyl (C=O) groups is 1. The summed E-state index contributed by atoms with van der Waals surface area (Å²) >= 11 is 0. The molecule has 0 unspecified atom stereocenters. The minimum Gasteiger partial charge on any atom is -0.355 e. The van der Waals surface area contributed by atoms with Crippen LogP contribution in [0.1, 0.15) is 45.4 Å². The molecule has 1 amide bonds. The molecule has 7 heteroatoms. The van der Waals surface area contributed by atoms with Crippen LogP contribution in [0.3, 0.4) is 0 Å². The lowest BCUT2D eigenvalue weighted by molar-refractivity contribution is -0.138. The Morgan fingerprint density at radius 1 is 1.26 bits per heavy atom. The fourth-order valence-corrected chi connectivity index (χ4v) is 4.25. The van der Waals surface area contributed by atoms with Crippen LogP contribution in [0.2, 0.25) is 0 Å². The van der Waals surface area contributed by atoms with E-state index in [0.717, 1.165) is 64.1 Å². The summed E-state index contributed by atoms with van der Waals surface area (Å²) in [6.07, 6.45) is 6.41. The van der Waals surface area contributed by atoms with E-state index < -0.39 is 0 Å². The topological polar surface area (TPSA) is 60.0 Å². The number of nitrogens with one attached hydrogen (secondary N) is 2. The molecule has 0 aromatic heterocycles. The SMILES string of the molecule is C=C(C)CN1CCC(NC(=NC)NCC2(C(=O)N(C)C)CCCC2)CC1.I. The van der Waals surface area contributed by atoms with Crippen molar-refractivity contribution in [2.45, 2.75) is 51.5 Å². The van der Waals surface area contributed by atoms with Gasteiger partial charge in [0.2, 0.25) is 5.91 Å². The number of guanidine groups is 1. The molecule has 0 spiro atoms. The summed E-state index contributed by atoms with van der Waals surface area (Å²) in [7, 11) is 5.52. The number of amides is 1. The van der Waals surface area contributed by atoms with Crippen LogP contribution in [-0.4, -0.2) is 75.0 Å². The maximum atomic E-state index is 12.7. The van der Waals surface area contributed by atoms with E-state index in [4.69, 9.17) is 0 Å². The molecule has 2 rings (SSSR count). The summed E-state index contributed by atoms with van der Waals surface area (Å²) in [4.78, 5) is 21.3. The quantitative estimate of drug-likeness (QED) is 0.260. The van der Waals surface area contributed by atoms with Crippen LogP contribution < -0.4 is 10.6 Å². The van der Waals surface area contributed by atoms with E-state index in [-0.39, 0.29) is 35.3 Å². The fraction of sp³-hybridized carbons (Fsp3) is 0.800. The smallest absolute Gasteiger partial charge is 0.230 e. The molecule has 156 valence electrons. The van der Waals surface area contributed by atoms with Gasteiger partial charge in [0.05, 0.1) is 5.41 Å². The Labute approximate surface area is 182 Å². The number of hydrogen-bond acceptors (Lipinski definition) is 3. The van der Waals surface area contributed by atoms with Crippen molar-refractivity contribution in [1.82, 2.24) is 20.4 Å². The number of likely N-dealkylation sites (tertiary alicyclic amines) is 1. The maximum absolute atomic E-state index is 12.7. The molecular formula is C20H38IN5O. The maximum Gasteiger partial charge on any atom is 0.230 e. The van der Waals surface area contributed by atoms with Gasteiger partial charge in [0, 0.05) is 53.4 Å². The van der Waals surface area contributed by atoms with Gasteiger partial charge in [-0.05, 0) is 32.6 Å². The molecule has 0 aromatic carbocycles. The van der Waals surface area contributed by atoms with Gasteiger partial charge in [0.25, 0.3) is 0 Å². The van der Waals surface area contributed by atoms with E-state index in [0.29, 0.717) is 12.6 Å². The summed E-state index contributed by atoms with van der Waals surface area (Å²) in [5.74, 6) is 1.06. The lowest BCUT2D eigenvalue weighted by Gasteiger charge is -2.34. The Morgan fingerprint density at radius 3 is 2.33 bits per heavy atom. The number of aliphatic imine (C=N–C) groups is 1. The number of rotatable bonds is 6. The zero-order valence-electron chi connectivity index (χ0n) is 17.5. The highest BCUT2D eigenvalue weighted by molar-refractivity contribution is 14.0. The van der Waals surface area contributed by atoms with Gasteiger partial charge in [0.1, 0.15) is 0 Å². The molecule has 0 radical (unpaired) electrons. The molecule has 0 bridgehead atoms. The van der Waals surface area contributed by atoms with Crippen molar-refractivity contribution in [2.24, 2.45) is 10.4 Å². The standard InChI is InChI=1S/C20H37N5O.HI/c1-16(2)14-25-12-8-17(9-13-25)23-19(21-3)22-15-20(10-6-7-11-20)18(26)24(4)5;/h17H,1,6-15H2,2-5H3,(H2,21,22,23);1H. The van der Waals surface area contributed by atoms with E-state index >= 15 is 0 Å². The zero-order valence-corrected chi connectivity index (χ0v) is 19.8. The highest BCUT2D eigenvalue weighted by Crippen LogP contribution is 2.38. The third kappa shape index (κ3) is 6.93. The predicted molar refractivity (Wildman–Crippen MR) is 124 cm³/mol. The van der Waals surface area contributed by atoms with E-state index in [1.165, 1.54) is 5.57 Å². The first-order valence-electron chi connectivity index (χ1n) is 9.92. The molecule has 6 nitrogen and oxygen atoms in total. The van der Waals surface area contributed by atoms with Crippen LogP contribution >= 0.6 is 24.0 Å². The third-order valence-electron chi connectivity index (χ3n) is 5.66. The number of hydrogen-bond donors (Lipinski definition) is 2. The molecule has 2 fully saturated rings. The highest BCUT2D eigenvalue weighted by atomic mass is 127. The molecule has 0 aromatic rings. The second-order valence-electron chi connectivity index (χ2n) is 8.26. The van der Waals surface area contributed by atoms with Crippen molar-refractivity contribution in [1.29, 1.82) is 0 Å². The minimum atomic E-state index is -0.272. The van der Waals surface area contributed by atoms with Crippen molar-refractivity contribution in [3.05, 3.63) is 12.2 Å². The minimum absolute atomic E-state index is 0. The highest BCUT2D eigenvalue weighted by Gasteiger charge is 2.42. The summed E-state index contributed by atoms with van der Waals surface area (Å²) in [5, 5.41) is 7.00.